The van der Waals surface area contributed by atoms with Gasteiger partial charge in [0.15, 0.2) is 11.5 Å². The molecule has 4 aromatic rings. The number of benzene rings is 4. The summed E-state index contributed by atoms with van der Waals surface area (Å²) in [6.45, 7) is 1.86. The third-order valence-corrected chi connectivity index (χ3v) is 5.86. The first-order valence-electron chi connectivity index (χ1n) is 12.4. The van der Waals surface area contributed by atoms with Crippen molar-refractivity contribution in [3.63, 3.8) is 0 Å². The molecule has 2 N–H and O–H groups in total. The van der Waals surface area contributed by atoms with Crippen molar-refractivity contribution < 1.29 is 37.0 Å². The number of hydrogen-bond acceptors (Lipinski definition) is 6. The molecule has 0 saturated carbocycles. The summed E-state index contributed by atoms with van der Waals surface area (Å²) in [6, 6.07) is 21.5. The quantitative estimate of drug-likeness (QED) is 0.112. The number of methoxy groups -OCH3 is 1. The molecule has 214 valence electrons. The van der Waals surface area contributed by atoms with Gasteiger partial charge in [0, 0.05) is 16.8 Å². The minimum Gasteiger partial charge on any atom is -0.493 e. The molecule has 0 aromatic heterocycles. The molecule has 8 nitrogen and oxygen atoms in total. The number of carbonyl (C=O) groups excluding carboxylic acids is 3. The van der Waals surface area contributed by atoms with E-state index in [2.05, 4.69) is 15.8 Å². The fourth-order valence-electron chi connectivity index (χ4n) is 3.79. The minimum absolute atomic E-state index is 0.144. The van der Waals surface area contributed by atoms with E-state index in [1.54, 1.807) is 30.3 Å². The van der Waals surface area contributed by atoms with Crippen LogP contribution in [0.5, 0.6) is 11.5 Å². The normalized spacial score (nSPS) is 11.2. The zero-order valence-electron chi connectivity index (χ0n) is 22.4. The third kappa shape index (κ3) is 7.60. The molecular weight excluding hydrogens is 551 g/mol. The molecule has 0 spiro atoms. The van der Waals surface area contributed by atoms with E-state index in [9.17, 15) is 27.6 Å². The molecule has 0 bridgehead atoms. The molecule has 0 aliphatic rings. The van der Waals surface area contributed by atoms with Crippen LogP contribution in [-0.2, 0) is 6.18 Å². The predicted molar refractivity (Wildman–Crippen MR) is 150 cm³/mol. The van der Waals surface area contributed by atoms with Gasteiger partial charge in [0.05, 0.1) is 24.5 Å². The number of nitrogens with zero attached hydrogens (tertiary/aromatic N) is 1. The Bertz CT molecular complexity index is 1670. The van der Waals surface area contributed by atoms with Crippen molar-refractivity contribution in [3.05, 3.63) is 124 Å². The molecule has 0 unspecified atom stereocenters. The Labute approximate surface area is 238 Å². The van der Waals surface area contributed by atoms with E-state index in [0.717, 1.165) is 23.8 Å². The summed E-state index contributed by atoms with van der Waals surface area (Å²) in [5, 5.41) is 6.41. The Morgan fingerprint density at radius 3 is 2.19 bits per heavy atom. The van der Waals surface area contributed by atoms with E-state index < -0.39 is 29.5 Å². The molecule has 2 amide bonds. The van der Waals surface area contributed by atoms with Crippen LogP contribution in [0.15, 0.2) is 96.1 Å². The second kappa shape index (κ2) is 12.8. The van der Waals surface area contributed by atoms with Crippen LogP contribution in [0.4, 0.5) is 18.9 Å². The lowest BCUT2D eigenvalue weighted by atomic mass is 10.1. The predicted octanol–water partition coefficient (Wildman–Crippen LogP) is 6.26. The van der Waals surface area contributed by atoms with Crippen LogP contribution in [0.1, 0.15) is 47.8 Å². The Kier molecular flexibility index (Phi) is 9.01. The maximum absolute atomic E-state index is 13.0. The highest BCUT2D eigenvalue weighted by molar-refractivity contribution is 6.05. The first kappa shape index (κ1) is 29.5. The summed E-state index contributed by atoms with van der Waals surface area (Å²) in [6.07, 6.45) is -3.23. The number of alkyl halides is 3. The van der Waals surface area contributed by atoms with Crippen molar-refractivity contribution in [1.82, 2.24) is 5.43 Å². The highest BCUT2D eigenvalue weighted by Crippen LogP contribution is 2.30. The van der Waals surface area contributed by atoms with Gasteiger partial charge in [-0.25, -0.2) is 10.2 Å². The van der Waals surface area contributed by atoms with Gasteiger partial charge in [-0.2, -0.15) is 18.3 Å². The number of hydrogen-bond donors (Lipinski definition) is 2. The molecule has 0 heterocycles. The highest BCUT2D eigenvalue weighted by atomic mass is 19.4. The smallest absolute Gasteiger partial charge is 0.416 e. The monoisotopic (exact) mass is 575 g/mol. The van der Waals surface area contributed by atoms with E-state index in [0.29, 0.717) is 11.1 Å². The van der Waals surface area contributed by atoms with Crippen LogP contribution in [0, 0.1) is 6.92 Å². The summed E-state index contributed by atoms with van der Waals surface area (Å²) < 4.78 is 49.7. The SMILES string of the molecule is COc1cc(C=NNC(=O)c2cccc(NC(=O)c3cccc(C(F)(F)F)c3)c2)ccc1OC(=O)c1cccc(C)c1. The zero-order valence-corrected chi connectivity index (χ0v) is 22.4. The van der Waals surface area contributed by atoms with Crippen molar-refractivity contribution in [2.75, 3.05) is 12.4 Å². The van der Waals surface area contributed by atoms with E-state index in [1.165, 1.54) is 49.7 Å². The van der Waals surface area contributed by atoms with Crippen LogP contribution in [0.3, 0.4) is 0 Å². The molecule has 0 fully saturated rings. The van der Waals surface area contributed by atoms with Crippen molar-refractivity contribution in [3.8, 4) is 11.5 Å². The fourth-order valence-corrected chi connectivity index (χ4v) is 3.79. The topological polar surface area (TPSA) is 106 Å². The first-order chi connectivity index (χ1) is 20.0. The van der Waals surface area contributed by atoms with E-state index in [4.69, 9.17) is 9.47 Å². The van der Waals surface area contributed by atoms with Gasteiger partial charge in [-0.1, -0.05) is 29.8 Å². The number of ether oxygens (including phenoxy) is 2. The average molecular weight is 576 g/mol. The number of hydrazone groups is 1. The van der Waals surface area contributed by atoms with Crippen molar-refractivity contribution in [2.24, 2.45) is 5.10 Å². The summed E-state index contributed by atoms with van der Waals surface area (Å²) in [5.41, 5.74) is 3.41. The maximum Gasteiger partial charge on any atom is 0.416 e. The summed E-state index contributed by atoms with van der Waals surface area (Å²) >= 11 is 0. The number of anilines is 1. The molecule has 0 aliphatic carbocycles. The lowest BCUT2D eigenvalue weighted by Gasteiger charge is -2.10. The van der Waals surface area contributed by atoms with Crippen LogP contribution in [-0.4, -0.2) is 31.1 Å². The Hall–Kier alpha value is -5.45. The minimum atomic E-state index is -4.59. The molecule has 0 atom stereocenters. The number of rotatable bonds is 8. The van der Waals surface area contributed by atoms with Crippen molar-refractivity contribution in [2.45, 2.75) is 13.1 Å². The Morgan fingerprint density at radius 1 is 0.786 bits per heavy atom. The Morgan fingerprint density at radius 2 is 1.48 bits per heavy atom. The van der Waals surface area contributed by atoms with Crippen molar-refractivity contribution in [1.29, 1.82) is 0 Å². The highest BCUT2D eigenvalue weighted by Gasteiger charge is 2.31. The lowest BCUT2D eigenvalue weighted by molar-refractivity contribution is -0.137. The lowest BCUT2D eigenvalue weighted by Crippen LogP contribution is -2.18. The third-order valence-electron chi connectivity index (χ3n) is 5.86. The van der Waals surface area contributed by atoms with Crippen LogP contribution in [0.2, 0.25) is 0 Å². The van der Waals surface area contributed by atoms with Gasteiger partial charge in [-0.05, 0) is 79.2 Å². The van der Waals surface area contributed by atoms with Gasteiger partial charge in [-0.15, -0.1) is 0 Å². The number of aryl methyl sites for hydroxylation is 1. The number of halogens is 3. The molecule has 0 radical (unpaired) electrons. The number of esters is 1. The summed E-state index contributed by atoms with van der Waals surface area (Å²) in [4.78, 5) is 37.6. The molecular formula is C31H24F3N3O5. The van der Waals surface area contributed by atoms with Gasteiger partial charge in [0.2, 0.25) is 0 Å². The van der Waals surface area contributed by atoms with E-state index in [-0.39, 0.29) is 28.3 Å². The van der Waals surface area contributed by atoms with Gasteiger partial charge in [0.1, 0.15) is 0 Å². The standard InChI is InChI=1S/C31H24F3N3O5/c1-19-6-3-9-23(14-19)30(40)42-26-13-12-20(15-27(26)41-2)18-35-37-29(39)22-8-5-11-25(17-22)36-28(38)21-7-4-10-24(16-21)31(32,33)34/h3-18H,1-2H3,(H,36,38)(H,37,39). The molecule has 42 heavy (non-hydrogen) atoms. The summed E-state index contributed by atoms with van der Waals surface area (Å²) in [5.74, 6) is -1.43. The first-order valence-corrected chi connectivity index (χ1v) is 12.4. The summed E-state index contributed by atoms with van der Waals surface area (Å²) in [7, 11) is 1.42. The van der Waals surface area contributed by atoms with Gasteiger partial charge < -0.3 is 14.8 Å². The second-order valence-corrected chi connectivity index (χ2v) is 8.98. The van der Waals surface area contributed by atoms with Crippen LogP contribution < -0.4 is 20.2 Å². The maximum atomic E-state index is 13.0. The second-order valence-electron chi connectivity index (χ2n) is 8.98. The van der Waals surface area contributed by atoms with Gasteiger partial charge in [0.25, 0.3) is 11.8 Å². The molecule has 11 heteroatoms. The number of amides is 2. The number of carbonyl (C=O) groups is 3. The molecule has 0 aliphatic heterocycles. The zero-order chi connectivity index (χ0) is 30.3. The van der Waals surface area contributed by atoms with Crippen molar-refractivity contribution >= 4 is 29.7 Å². The number of nitrogens with one attached hydrogen (secondary N) is 2. The van der Waals surface area contributed by atoms with Gasteiger partial charge in [-0.3, -0.25) is 9.59 Å². The largest absolute Gasteiger partial charge is 0.493 e. The Balaban J connectivity index is 1.38. The van der Waals surface area contributed by atoms with E-state index in [1.807, 2.05) is 13.0 Å². The van der Waals surface area contributed by atoms with Crippen LogP contribution >= 0.6 is 0 Å². The fraction of sp³-hybridized carbons (Fsp3) is 0.0968. The molecule has 4 aromatic carbocycles. The van der Waals surface area contributed by atoms with Crippen LogP contribution in [0.25, 0.3) is 0 Å². The van der Waals surface area contributed by atoms with Gasteiger partial charge >= 0.3 is 12.1 Å². The molecule has 4 rings (SSSR count). The molecule has 0 saturated heterocycles. The average Bonchev–Trinajstić information content (AvgIpc) is 2.97. The van der Waals surface area contributed by atoms with E-state index >= 15 is 0 Å².